The van der Waals surface area contributed by atoms with E-state index in [1.54, 1.807) is 39.1 Å². The number of nitrogens with zero attached hydrogens (tertiary/aromatic N) is 3. The summed E-state index contributed by atoms with van der Waals surface area (Å²) in [5, 5.41) is 17.1. The lowest BCUT2D eigenvalue weighted by atomic mass is 9.75. The van der Waals surface area contributed by atoms with E-state index in [4.69, 9.17) is 14.2 Å². The zero-order valence-corrected chi connectivity index (χ0v) is 24.1. The lowest BCUT2D eigenvalue weighted by Gasteiger charge is -2.31. The zero-order chi connectivity index (χ0) is 29.7. The molecule has 1 aliphatic heterocycles. The van der Waals surface area contributed by atoms with Gasteiger partial charge < -0.3 is 19.5 Å². The molecule has 1 N–H and O–H groups in total. The number of nitro benzene ring substituents is 1. The molecular weight excluding hydrogens is 548 g/mol. The molecule has 3 aromatic rings. The molecule has 2 atom stereocenters. The fourth-order valence-corrected chi connectivity index (χ4v) is 5.54. The largest absolute Gasteiger partial charge is 0.490 e. The monoisotopic (exact) mass is 578 g/mol. The van der Waals surface area contributed by atoms with Crippen molar-refractivity contribution in [3.63, 3.8) is 0 Å². The number of carbonyl (C=O) groups is 2. The number of rotatable bonds is 10. The topological polar surface area (TPSA) is 142 Å². The maximum atomic E-state index is 13.1. The molecule has 0 spiro atoms. The van der Waals surface area contributed by atoms with Gasteiger partial charge in [0.05, 0.1) is 36.5 Å². The number of hydrogen-bond acceptors (Lipinski definition) is 11. The van der Waals surface area contributed by atoms with Gasteiger partial charge in [-0.3, -0.25) is 19.9 Å². The maximum Gasteiger partial charge on any atom is 0.336 e. The summed E-state index contributed by atoms with van der Waals surface area (Å²) in [7, 11) is 1.38. The molecular formula is C29H30N4O7S. The van der Waals surface area contributed by atoms with Crippen LogP contribution >= 0.6 is 11.3 Å². The van der Waals surface area contributed by atoms with Crippen LogP contribution in [-0.4, -0.2) is 47.9 Å². The number of thiazole rings is 1. The first kappa shape index (κ1) is 29.4. The van der Waals surface area contributed by atoms with Crippen molar-refractivity contribution in [2.75, 3.05) is 25.6 Å². The first-order valence-corrected chi connectivity index (χ1v) is 13.8. The molecule has 4 rings (SSSR count). The lowest BCUT2D eigenvalue weighted by molar-refractivity contribution is -0.385. The zero-order valence-electron chi connectivity index (χ0n) is 23.3. The second kappa shape index (κ2) is 12.7. The number of esters is 2. The molecule has 0 saturated heterocycles. The van der Waals surface area contributed by atoms with Crippen molar-refractivity contribution in [3.8, 4) is 17.0 Å². The third kappa shape index (κ3) is 6.27. The van der Waals surface area contributed by atoms with Crippen molar-refractivity contribution >= 4 is 45.5 Å². The summed E-state index contributed by atoms with van der Waals surface area (Å²) in [4.78, 5) is 46.2. The highest BCUT2D eigenvalue weighted by molar-refractivity contribution is 7.14. The van der Waals surface area contributed by atoms with Crippen LogP contribution in [0, 0.1) is 16.0 Å². The molecule has 0 bridgehead atoms. The number of allylic oxidation sites excluding steroid dienone is 1. The van der Waals surface area contributed by atoms with Crippen LogP contribution in [0.15, 0.2) is 64.1 Å². The number of hydrogen-bond donors (Lipinski definition) is 1. The molecule has 2 aromatic carbocycles. The molecule has 2 unspecified atom stereocenters. The van der Waals surface area contributed by atoms with Gasteiger partial charge in [-0.2, -0.15) is 0 Å². The van der Waals surface area contributed by atoms with Crippen LogP contribution < -0.4 is 10.1 Å². The number of carbonyl (C=O) groups excluding carboxylic acids is 2. The summed E-state index contributed by atoms with van der Waals surface area (Å²) in [6.07, 6.45) is 0. The highest BCUT2D eigenvalue weighted by Gasteiger charge is 2.42. The summed E-state index contributed by atoms with van der Waals surface area (Å²) in [5.41, 5.74) is 3.71. The summed E-state index contributed by atoms with van der Waals surface area (Å²) in [5.74, 6) is -2.30. The number of aromatic nitrogens is 1. The van der Waals surface area contributed by atoms with Gasteiger partial charge in [0.15, 0.2) is 10.9 Å². The quantitative estimate of drug-likeness (QED) is 0.173. The molecule has 0 radical (unpaired) electrons. The number of anilines is 2. The van der Waals surface area contributed by atoms with E-state index in [1.165, 1.54) is 30.6 Å². The Balaban J connectivity index is 1.68. The first-order chi connectivity index (χ1) is 19.7. The Bertz CT molecular complexity index is 1550. The van der Waals surface area contributed by atoms with Crippen LogP contribution in [0.5, 0.6) is 5.75 Å². The molecule has 0 amide bonds. The minimum atomic E-state index is -0.800. The van der Waals surface area contributed by atoms with Gasteiger partial charge >= 0.3 is 17.6 Å². The van der Waals surface area contributed by atoms with Crippen LogP contribution in [0.2, 0.25) is 0 Å². The number of nitrogens with one attached hydrogen (secondary N) is 1. The lowest BCUT2D eigenvalue weighted by Crippen LogP contribution is -2.36. The molecule has 0 saturated carbocycles. The smallest absolute Gasteiger partial charge is 0.336 e. The summed E-state index contributed by atoms with van der Waals surface area (Å²) >= 11 is 1.33. The highest BCUT2D eigenvalue weighted by Crippen LogP contribution is 2.41. The van der Waals surface area contributed by atoms with Crippen LogP contribution in [0.3, 0.4) is 0 Å². The first-order valence-electron chi connectivity index (χ1n) is 12.9. The van der Waals surface area contributed by atoms with Gasteiger partial charge in [0.2, 0.25) is 0 Å². The molecule has 12 heteroatoms. The second-order valence-electron chi connectivity index (χ2n) is 9.11. The van der Waals surface area contributed by atoms with Crippen molar-refractivity contribution in [1.82, 2.24) is 4.98 Å². The Labute approximate surface area is 241 Å². The minimum Gasteiger partial charge on any atom is -0.490 e. The third-order valence-electron chi connectivity index (χ3n) is 6.54. The van der Waals surface area contributed by atoms with Crippen molar-refractivity contribution in [3.05, 3.63) is 74.8 Å². The average Bonchev–Trinajstić information content (AvgIpc) is 3.40. The molecule has 0 fully saturated rings. The average molecular weight is 579 g/mol. The maximum absolute atomic E-state index is 13.1. The summed E-state index contributed by atoms with van der Waals surface area (Å²) in [6, 6.07) is 12.0. The fourth-order valence-electron chi connectivity index (χ4n) is 4.80. The van der Waals surface area contributed by atoms with E-state index in [0.29, 0.717) is 44.6 Å². The Hall–Kier alpha value is -4.58. The van der Waals surface area contributed by atoms with E-state index >= 15 is 0 Å². The molecule has 11 nitrogen and oxygen atoms in total. The fraction of sp³-hybridized carbons (Fsp3) is 0.310. The minimum absolute atomic E-state index is 0.150. The standard InChI is InChI=1S/C29H30N4O7S/c1-6-39-27(34)24-16(3)30-17(4)25(28(35)40-7-2)26(24)19-9-8-10-20(13-19)31-29-32-21(15-41-29)18-11-12-23(38-5)22(14-18)33(36)37/h8-15,24,26H,6-7H2,1-5H3,(H,31,32). The van der Waals surface area contributed by atoms with Gasteiger partial charge in [0.25, 0.3) is 0 Å². The summed E-state index contributed by atoms with van der Waals surface area (Å²) in [6.45, 7) is 7.31. The number of ether oxygens (including phenoxy) is 3. The van der Waals surface area contributed by atoms with Gasteiger partial charge in [0, 0.05) is 40.0 Å². The van der Waals surface area contributed by atoms with E-state index in [0.717, 1.165) is 0 Å². The van der Waals surface area contributed by atoms with Crippen molar-refractivity contribution in [2.24, 2.45) is 10.9 Å². The van der Waals surface area contributed by atoms with Gasteiger partial charge in [-0.1, -0.05) is 12.1 Å². The molecule has 1 aliphatic rings. The number of methoxy groups -OCH3 is 1. The molecule has 0 aliphatic carbocycles. The van der Waals surface area contributed by atoms with Gasteiger partial charge in [-0.15, -0.1) is 11.3 Å². The van der Waals surface area contributed by atoms with Crippen molar-refractivity contribution in [2.45, 2.75) is 33.6 Å². The van der Waals surface area contributed by atoms with E-state index in [1.807, 2.05) is 24.3 Å². The van der Waals surface area contributed by atoms with Gasteiger partial charge in [-0.05, 0) is 57.5 Å². The van der Waals surface area contributed by atoms with Crippen molar-refractivity contribution < 1.29 is 28.7 Å². The van der Waals surface area contributed by atoms with Crippen LogP contribution in [0.25, 0.3) is 11.3 Å². The predicted octanol–water partition coefficient (Wildman–Crippen LogP) is 6.05. The molecule has 1 aromatic heterocycles. The second-order valence-corrected chi connectivity index (χ2v) is 9.97. The highest BCUT2D eigenvalue weighted by atomic mass is 32.1. The predicted molar refractivity (Wildman–Crippen MR) is 156 cm³/mol. The normalized spacial score (nSPS) is 16.6. The molecule has 2 heterocycles. The molecule has 41 heavy (non-hydrogen) atoms. The SMILES string of the molecule is CCOC(=O)C1=C(C)N=C(C)C(C(=O)OCC)C1c1cccc(Nc2nc(-c3ccc(OC)c([N+](=O)[O-])c3)cs2)c1. The Morgan fingerprint density at radius 1 is 1.10 bits per heavy atom. The number of nitro groups is 1. The number of benzene rings is 2. The van der Waals surface area contributed by atoms with E-state index in [9.17, 15) is 19.7 Å². The Morgan fingerprint density at radius 3 is 2.54 bits per heavy atom. The van der Waals surface area contributed by atoms with E-state index < -0.39 is 28.7 Å². The Morgan fingerprint density at radius 2 is 1.85 bits per heavy atom. The van der Waals surface area contributed by atoms with Crippen molar-refractivity contribution in [1.29, 1.82) is 0 Å². The number of aliphatic imine (C=N–C) groups is 1. The third-order valence-corrected chi connectivity index (χ3v) is 7.29. The van der Waals surface area contributed by atoms with E-state index in [-0.39, 0.29) is 24.7 Å². The van der Waals surface area contributed by atoms with Crippen LogP contribution in [0.4, 0.5) is 16.5 Å². The van der Waals surface area contributed by atoms with E-state index in [2.05, 4.69) is 15.3 Å². The van der Waals surface area contributed by atoms with Crippen LogP contribution in [-0.2, 0) is 19.1 Å². The molecule has 214 valence electrons. The van der Waals surface area contributed by atoms with Gasteiger partial charge in [-0.25, -0.2) is 9.78 Å². The van der Waals surface area contributed by atoms with Gasteiger partial charge in [0.1, 0.15) is 5.92 Å². The Kier molecular flexibility index (Phi) is 9.13. The van der Waals surface area contributed by atoms with Crippen LogP contribution in [0.1, 0.15) is 39.2 Å². The summed E-state index contributed by atoms with van der Waals surface area (Å²) < 4.78 is 15.8.